The molecule has 1 aromatic heterocycles. The zero-order valence-electron chi connectivity index (χ0n) is 15.6. The van der Waals surface area contributed by atoms with E-state index in [-0.39, 0.29) is 17.9 Å². The lowest BCUT2D eigenvalue weighted by molar-refractivity contribution is -0.140. The minimum Gasteiger partial charge on any atom is -0.507 e. The number of likely N-dealkylation sites (tertiary alicyclic amines) is 1. The van der Waals surface area contributed by atoms with Gasteiger partial charge in [0, 0.05) is 29.0 Å². The van der Waals surface area contributed by atoms with Crippen LogP contribution in [-0.2, 0) is 16.1 Å². The molecule has 0 radical (unpaired) electrons. The van der Waals surface area contributed by atoms with Crippen LogP contribution in [0.5, 0.6) is 0 Å². The number of carbonyl (C=O) groups excluding carboxylic acids is 2. The molecule has 3 aromatic rings. The van der Waals surface area contributed by atoms with E-state index in [2.05, 4.69) is 20.9 Å². The molecule has 0 spiro atoms. The molecule has 1 amide bonds. The molecule has 2 aromatic carbocycles. The van der Waals surface area contributed by atoms with E-state index in [1.54, 1.807) is 48.8 Å². The summed E-state index contributed by atoms with van der Waals surface area (Å²) in [6.45, 7) is 0.145. The number of amides is 1. The topological polar surface area (TPSA) is 70.5 Å². The van der Waals surface area contributed by atoms with E-state index in [9.17, 15) is 19.1 Å². The van der Waals surface area contributed by atoms with Crippen LogP contribution in [0.15, 0.2) is 83.1 Å². The second-order valence-corrected chi connectivity index (χ2v) is 7.76. The van der Waals surface area contributed by atoms with Crippen LogP contribution in [0.1, 0.15) is 22.7 Å². The zero-order chi connectivity index (χ0) is 21.3. The van der Waals surface area contributed by atoms with Crippen LogP contribution >= 0.6 is 15.9 Å². The third-order valence-corrected chi connectivity index (χ3v) is 5.47. The summed E-state index contributed by atoms with van der Waals surface area (Å²) in [4.78, 5) is 31.2. The van der Waals surface area contributed by atoms with E-state index in [1.807, 2.05) is 0 Å². The number of benzene rings is 2. The van der Waals surface area contributed by atoms with Gasteiger partial charge in [-0.1, -0.05) is 40.2 Å². The van der Waals surface area contributed by atoms with E-state index in [1.165, 1.54) is 29.2 Å². The smallest absolute Gasteiger partial charge is 0.295 e. The van der Waals surface area contributed by atoms with Crippen molar-refractivity contribution in [3.05, 3.63) is 106 Å². The van der Waals surface area contributed by atoms with Crippen LogP contribution in [-0.4, -0.2) is 26.7 Å². The third-order valence-electron chi connectivity index (χ3n) is 4.95. The van der Waals surface area contributed by atoms with Gasteiger partial charge in [-0.05, 0) is 47.5 Å². The number of carbonyl (C=O) groups is 2. The van der Waals surface area contributed by atoms with Gasteiger partial charge in [0.2, 0.25) is 0 Å². The first-order valence-electron chi connectivity index (χ1n) is 9.14. The lowest BCUT2D eigenvalue weighted by atomic mass is 9.95. The lowest BCUT2D eigenvalue weighted by Gasteiger charge is -2.25. The van der Waals surface area contributed by atoms with Crippen molar-refractivity contribution in [3.63, 3.8) is 0 Å². The molecule has 30 heavy (non-hydrogen) atoms. The summed E-state index contributed by atoms with van der Waals surface area (Å²) in [5.74, 6) is -2.20. The first-order chi connectivity index (χ1) is 14.5. The predicted octanol–water partition coefficient (Wildman–Crippen LogP) is 4.61. The molecule has 1 saturated heterocycles. The molecular weight excluding hydrogens is 451 g/mol. The Balaban J connectivity index is 1.85. The molecule has 1 aliphatic rings. The summed E-state index contributed by atoms with van der Waals surface area (Å²) < 4.78 is 14.3. The highest BCUT2D eigenvalue weighted by atomic mass is 79.9. The second-order valence-electron chi connectivity index (χ2n) is 6.84. The number of hydrogen-bond donors (Lipinski definition) is 1. The molecule has 0 aliphatic carbocycles. The predicted molar refractivity (Wildman–Crippen MR) is 113 cm³/mol. The highest BCUT2D eigenvalue weighted by Gasteiger charge is 2.46. The summed E-state index contributed by atoms with van der Waals surface area (Å²) >= 11 is 3.33. The number of ketones is 1. The summed E-state index contributed by atoms with van der Waals surface area (Å²) in [6, 6.07) is 15.0. The van der Waals surface area contributed by atoms with Crippen molar-refractivity contribution in [1.82, 2.24) is 9.88 Å². The van der Waals surface area contributed by atoms with Crippen molar-refractivity contribution in [1.29, 1.82) is 0 Å². The maximum Gasteiger partial charge on any atom is 0.295 e. The Morgan fingerprint density at radius 3 is 2.27 bits per heavy atom. The van der Waals surface area contributed by atoms with Crippen molar-refractivity contribution in [2.75, 3.05) is 0 Å². The van der Waals surface area contributed by atoms with Crippen LogP contribution in [0.2, 0.25) is 0 Å². The molecule has 1 N–H and O–H groups in total. The average molecular weight is 467 g/mol. The molecule has 0 saturated carbocycles. The molecule has 0 bridgehead atoms. The number of aromatic nitrogens is 1. The molecule has 2 heterocycles. The van der Waals surface area contributed by atoms with Crippen molar-refractivity contribution < 1.29 is 19.1 Å². The van der Waals surface area contributed by atoms with Crippen molar-refractivity contribution in [2.24, 2.45) is 0 Å². The molecule has 1 aliphatic heterocycles. The van der Waals surface area contributed by atoms with Gasteiger partial charge in [0.25, 0.3) is 11.7 Å². The minimum atomic E-state index is -0.845. The maximum atomic E-state index is 13.5. The van der Waals surface area contributed by atoms with E-state index in [4.69, 9.17) is 0 Å². The number of pyridine rings is 1. The summed E-state index contributed by atoms with van der Waals surface area (Å²) in [6.07, 6.45) is 3.20. The number of hydrogen-bond acceptors (Lipinski definition) is 4. The van der Waals surface area contributed by atoms with Gasteiger partial charge in [-0.25, -0.2) is 4.39 Å². The van der Waals surface area contributed by atoms with Crippen molar-refractivity contribution in [2.45, 2.75) is 12.6 Å². The Labute approximate surface area is 180 Å². The molecule has 150 valence electrons. The fourth-order valence-corrected chi connectivity index (χ4v) is 3.75. The van der Waals surface area contributed by atoms with Crippen LogP contribution in [0.4, 0.5) is 4.39 Å². The van der Waals surface area contributed by atoms with E-state index >= 15 is 0 Å². The normalized spacial score (nSPS) is 18.1. The van der Waals surface area contributed by atoms with Crippen LogP contribution in [0, 0.1) is 5.82 Å². The Morgan fingerprint density at radius 1 is 1.00 bits per heavy atom. The molecule has 7 heteroatoms. The van der Waals surface area contributed by atoms with E-state index < -0.39 is 23.5 Å². The summed E-state index contributed by atoms with van der Waals surface area (Å²) in [5, 5.41) is 11.0. The highest BCUT2D eigenvalue weighted by molar-refractivity contribution is 9.10. The van der Waals surface area contributed by atoms with Gasteiger partial charge in [0.05, 0.1) is 11.6 Å². The largest absolute Gasteiger partial charge is 0.507 e. The van der Waals surface area contributed by atoms with Gasteiger partial charge in [0.1, 0.15) is 11.6 Å². The SMILES string of the molecule is O=C1C(=O)N(Cc2ccncc2)C(c2ccc(F)cc2)/C1=C(\O)c1ccc(Br)cc1. The van der Waals surface area contributed by atoms with Crippen LogP contribution in [0.3, 0.4) is 0 Å². The van der Waals surface area contributed by atoms with Crippen molar-refractivity contribution in [3.8, 4) is 0 Å². The second kappa shape index (κ2) is 8.20. The molecule has 1 unspecified atom stereocenters. The van der Waals surface area contributed by atoms with Gasteiger partial charge in [-0.3, -0.25) is 14.6 Å². The fourth-order valence-electron chi connectivity index (χ4n) is 3.48. The van der Waals surface area contributed by atoms with Gasteiger partial charge in [0.15, 0.2) is 0 Å². The zero-order valence-corrected chi connectivity index (χ0v) is 17.2. The Bertz CT molecular complexity index is 1130. The number of rotatable bonds is 4. The highest BCUT2D eigenvalue weighted by Crippen LogP contribution is 2.40. The Kier molecular flexibility index (Phi) is 5.46. The van der Waals surface area contributed by atoms with Gasteiger partial charge >= 0.3 is 0 Å². The molecule has 4 rings (SSSR count). The van der Waals surface area contributed by atoms with E-state index in [0.717, 1.165) is 10.0 Å². The van der Waals surface area contributed by atoms with Gasteiger partial charge in [-0.2, -0.15) is 0 Å². The monoisotopic (exact) mass is 466 g/mol. The number of halogens is 2. The lowest BCUT2D eigenvalue weighted by Crippen LogP contribution is -2.29. The Morgan fingerprint density at radius 2 is 1.63 bits per heavy atom. The number of aliphatic hydroxyl groups excluding tert-OH is 1. The standard InChI is InChI=1S/C23H16BrFN2O3/c24-17-5-1-16(2-6-17)21(28)19-20(15-3-7-18(25)8-4-15)27(23(30)22(19)29)13-14-9-11-26-12-10-14/h1-12,20,28H,13H2/b21-19+. The van der Waals surface area contributed by atoms with Crippen molar-refractivity contribution >= 4 is 33.4 Å². The van der Waals surface area contributed by atoms with Gasteiger partial charge in [-0.15, -0.1) is 0 Å². The first-order valence-corrected chi connectivity index (χ1v) is 9.93. The fraction of sp³-hybridized carbons (Fsp3) is 0.0870. The number of aliphatic hydroxyl groups is 1. The third kappa shape index (κ3) is 3.76. The van der Waals surface area contributed by atoms with Gasteiger partial charge < -0.3 is 10.0 Å². The minimum absolute atomic E-state index is 0.0250. The Hall–Kier alpha value is -3.32. The van der Waals surface area contributed by atoms with Crippen LogP contribution in [0.25, 0.3) is 5.76 Å². The summed E-state index contributed by atoms with van der Waals surface area (Å²) in [5.41, 5.74) is 1.70. The number of Topliss-reactive ketones (excluding diaryl/α,β-unsaturated/α-hetero) is 1. The maximum absolute atomic E-state index is 13.5. The summed E-state index contributed by atoms with van der Waals surface area (Å²) in [7, 11) is 0. The van der Waals surface area contributed by atoms with Crippen LogP contribution < -0.4 is 0 Å². The molecule has 5 nitrogen and oxygen atoms in total. The average Bonchev–Trinajstić information content (AvgIpc) is 3.00. The molecule has 1 fully saturated rings. The molecular formula is C23H16BrFN2O3. The van der Waals surface area contributed by atoms with E-state index in [0.29, 0.717) is 11.1 Å². The first kappa shape index (κ1) is 20.0. The molecule has 1 atom stereocenters. The quantitative estimate of drug-likeness (QED) is 0.346. The number of nitrogens with zero attached hydrogens (tertiary/aromatic N) is 2.